The predicted octanol–water partition coefficient (Wildman–Crippen LogP) is 2.47. The third kappa shape index (κ3) is 2.06. The van der Waals surface area contributed by atoms with E-state index < -0.39 is 9.05 Å². The molecular formula is C10H7ClO3S. The molecule has 3 nitrogen and oxygen atoms in total. The number of benzene rings is 2. The van der Waals surface area contributed by atoms with Crippen molar-refractivity contribution in [1.82, 2.24) is 0 Å². The van der Waals surface area contributed by atoms with Crippen molar-refractivity contribution in [2.24, 2.45) is 0 Å². The highest BCUT2D eigenvalue weighted by Crippen LogP contribution is 2.24. The van der Waals surface area contributed by atoms with Crippen LogP contribution in [-0.2, 0) is 9.05 Å². The Morgan fingerprint density at radius 3 is 2.27 bits per heavy atom. The fraction of sp³-hybridized carbons (Fsp3) is 0. The first-order valence-corrected chi connectivity index (χ1v) is 6.45. The largest absolute Gasteiger partial charge is 0.508 e. The second-order valence-corrected chi connectivity index (χ2v) is 5.70. The van der Waals surface area contributed by atoms with E-state index in [2.05, 4.69) is 0 Å². The highest BCUT2D eigenvalue weighted by atomic mass is 35.7. The highest BCUT2D eigenvalue weighted by Gasteiger charge is 2.09. The maximum Gasteiger partial charge on any atom is 0.261 e. The number of aromatic hydroxyl groups is 1. The first-order valence-electron chi connectivity index (χ1n) is 4.14. The molecule has 1 N–H and O–H groups in total. The molecule has 0 amide bonds. The van der Waals surface area contributed by atoms with Gasteiger partial charge in [0.2, 0.25) is 0 Å². The zero-order chi connectivity index (χ0) is 11.1. The van der Waals surface area contributed by atoms with Gasteiger partial charge in [0.25, 0.3) is 9.05 Å². The lowest BCUT2D eigenvalue weighted by Crippen LogP contribution is -1.89. The SMILES string of the molecule is O=S(=O)(Cl)c1ccc2cc(O)ccc2c1. The number of phenols is 1. The van der Waals surface area contributed by atoms with Crippen molar-refractivity contribution in [3.63, 3.8) is 0 Å². The van der Waals surface area contributed by atoms with Gasteiger partial charge in [-0.1, -0.05) is 12.1 Å². The van der Waals surface area contributed by atoms with Crippen LogP contribution in [0.4, 0.5) is 0 Å². The molecule has 5 heteroatoms. The van der Waals surface area contributed by atoms with Gasteiger partial charge in [-0.2, -0.15) is 0 Å². The maximum absolute atomic E-state index is 11.1. The Morgan fingerprint density at radius 1 is 1.00 bits per heavy atom. The van der Waals surface area contributed by atoms with E-state index in [4.69, 9.17) is 10.7 Å². The zero-order valence-electron chi connectivity index (χ0n) is 7.51. The van der Waals surface area contributed by atoms with Crippen LogP contribution in [0.15, 0.2) is 41.3 Å². The minimum atomic E-state index is -3.69. The van der Waals surface area contributed by atoms with Crippen molar-refractivity contribution >= 4 is 30.5 Å². The molecule has 0 aliphatic carbocycles. The second-order valence-electron chi connectivity index (χ2n) is 3.13. The minimum absolute atomic E-state index is 0.0577. The summed E-state index contributed by atoms with van der Waals surface area (Å²) in [6, 6.07) is 9.16. The molecular weight excluding hydrogens is 236 g/mol. The van der Waals surface area contributed by atoms with Crippen molar-refractivity contribution in [3.05, 3.63) is 36.4 Å². The number of phenolic OH excluding ortho intramolecular Hbond substituents is 1. The average molecular weight is 243 g/mol. The summed E-state index contributed by atoms with van der Waals surface area (Å²) in [5.41, 5.74) is 0. The third-order valence-electron chi connectivity index (χ3n) is 2.08. The van der Waals surface area contributed by atoms with Gasteiger partial charge in [0.15, 0.2) is 0 Å². The molecule has 0 heterocycles. The first-order chi connectivity index (χ1) is 6.97. The predicted molar refractivity (Wildman–Crippen MR) is 58.7 cm³/mol. The van der Waals surface area contributed by atoms with E-state index in [0.717, 1.165) is 10.8 Å². The van der Waals surface area contributed by atoms with Crippen molar-refractivity contribution < 1.29 is 13.5 Å². The van der Waals surface area contributed by atoms with Gasteiger partial charge in [-0.3, -0.25) is 0 Å². The molecule has 0 fully saturated rings. The van der Waals surface area contributed by atoms with E-state index in [1.807, 2.05) is 0 Å². The summed E-state index contributed by atoms with van der Waals surface area (Å²) in [5.74, 6) is 0.143. The molecule has 0 bridgehead atoms. The van der Waals surface area contributed by atoms with E-state index in [9.17, 15) is 13.5 Å². The summed E-state index contributed by atoms with van der Waals surface area (Å²) >= 11 is 0. The smallest absolute Gasteiger partial charge is 0.261 e. The summed E-state index contributed by atoms with van der Waals surface area (Å²) in [6.45, 7) is 0. The van der Waals surface area contributed by atoms with Crippen LogP contribution in [0.5, 0.6) is 5.75 Å². The zero-order valence-corrected chi connectivity index (χ0v) is 9.09. The monoisotopic (exact) mass is 242 g/mol. The van der Waals surface area contributed by atoms with Crippen molar-refractivity contribution in [2.75, 3.05) is 0 Å². The van der Waals surface area contributed by atoms with Gasteiger partial charge in [-0.05, 0) is 35.0 Å². The maximum atomic E-state index is 11.1. The van der Waals surface area contributed by atoms with Crippen molar-refractivity contribution in [2.45, 2.75) is 4.90 Å². The Bertz CT molecular complexity index is 620. The van der Waals surface area contributed by atoms with Gasteiger partial charge in [-0.15, -0.1) is 0 Å². The summed E-state index contributed by atoms with van der Waals surface area (Å²) in [6.07, 6.45) is 0. The third-order valence-corrected chi connectivity index (χ3v) is 3.43. The van der Waals surface area contributed by atoms with Crippen molar-refractivity contribution in [3.8, 4) is 5.75 Å². The van der Waals surface area contributed by atoms with Gasteiger partial charge < -0.3 is 5.11 Å². The number of fused-ring (bicyclic) bond motifs is 1. The fourth-order valence-corrected chi connectivity index (χ4v) is 2.15. The van der Waals surface area contributed by atoms with E-state index in [0.29, 0.717) is 0 Å². The van der Waals surface area contributed by atoms with E-state index in [1.165, 1.54) is 18.2 Å². The molecule has 0 atom stereocenters. The Hall–Kier alpha value is -1.26. The summed E-state index contributed by atoms with van der Waals surface area (Å²) in [4.78, 5) is 0.0577. The molecule has 78 valence electrons. The van der Waals surface area contributed by atoms with Gasteiger partial charge in [0.05, 0.1) is 4.90 Å². The number of hydrogen-bond donors (Lipinski definition) is 1. The lowest BCUT2D eigenvalue weighted by atomic mass is 10.1. The molecule has 2 rings (SSSR count). The first kappa shape index (κ1) is 10.3. The Labute approximate surface area is 91.3 Å². The fourth-order valence-electron chi connectivity index (χ4n) is 1.36. The van der Waals surface area contributed by atoms with Crippen LogP contribution in [0, 0.1) is 0 Å². The van der Waals surface area contributed by atoms with E-state index in [1.54, 1.807) is 18.2 Å². The lowest BCUT2D eigenvalue weighted by Gasteiger charge is -2.01. The lowest BCUT2D eigenvalue weighted by molar-refractivity contribution is 0.476. The summed E-state index contributed by atoms with van der Waals surface area (Å²) in [5, 5.41) is 10.7. The average Bonchev–Trinajstić information content (AvgIpc) is 2.15. The molecule has 0 unspecified atom stereocenters. The van der Waals surface area contributed by atoms with Gasteiger partial charge in [-0.25, -0.2) is 8.42 Å². The topological polar surface area (TPSA) is 54.4 Å². The standard InChI is InChI=1S/C10H7ClO3S/c11-15(13,14)10-4-2-7-5-9(12)3-1-8(7)6-10/h1-6,12H. The van der Waals surface area contributed by atoms with Gasteiger partial charge >= 0.3 is 0 Å². The number of rotatable bonds is 1. The van der Waals surface area contributed by atoms with Crippen LogP contribution < -0.4 is 0 Å². The Morgan fingerprint density at radius 2 is 1.60 bits per heavy atom. The van der Waals surface area contributed by atoms with Crippen molar-refractivity contribution in [1.29, 1.82) is 0 Å². The quantitative estimate of drug-likeness (QED) is 0.782. The molecule has 2 aromatic rings. The molecule has 0 aromatic heterocycles. The Balaban J connectivity index is 2.73. The Kier molecular flexibility index (Phi) is 2.32. The molecule has 0 aliphatic heterocycles. The van der Waals surface area contributed by atoms with Crippen LogP contribution in [0.25, 0.3) is 10.8 Å². The van der Waals surface area contributed by atoms with Crippen LogP contribution >= 0.6 is 10.7 Å². The van der Waals surface area contributed by atoms with Gasteiger partial charge in [0, 0.05) is 10.7 Å². The normalized spacial score (nSPS) is 11.8. The van der Waals surface area contributed by atoms with E-state index >= 15 is 0 Å². The molecule has 0 saturated heterocycles. The second kappa shape index (κ2) is 3.40. The minimum Gasteiger partial charge on any atom is -0.508 e. The van der Waals surface area contributed by atoms with Crippen LogP contribution in [-0.4, -0.2) is 13.5 Å². The number of halogens is 1. The van der Waals surface area contributed by atoms with Crippen LogP contribution in [0.2, 0.25) is 0 Å². The molecule has 0 radical (unpaired) electrons. The summed E-state index contributed by atoms with van der Waals surface area (Å²) in [7, 11) is 1.52. The molecule has 15 heavy (non-hydrogen) atoms. The highest BCUT2D eigenvalue weighted by molar-refractivity contribution is 8.13. The molecule has 2 aromatic carbocycles. The molecule has 0 aliphatic rings. The summed E-state index contributed by atoms with van der Waals surface area (Å²) < 4.78 is 22.1. The molecule has 0 saturated carbocycles. The van der Waals surface area contributed by atoms with Gasteiger partial charge in [0.1, 0.15) is 5.75 Å². The number of hydrogen-bond acceptors (Lipinski definition) is 3. The van der Waals surface area contributed by atoms with Crippen LogP contribution in [0.1, 0.15) is 0 Å². The van der Waals surface area contributed by atoms with Crippen LogP contribution in [0.3, 0.4) is 0 Å². The molecule has 0 spiro atoms. The van der Waals surface area contributed by atoms with E-state index in [-0.39, 0.29) is 10.6 Å².